The molecule has 2 aromatic rings. The number of hydrogen-bond donors (Lipinski definition) is 3. The van der Waals surface area contributed by atoms with Crippen molar-refractivity contribution >= 4 is 0 Å². The van der Waals surface area contributed by atoms with Gasteiger partial charge in [-0.2, -0.15) is 0 Å². The Labute approximate surface area is 156 Å². The molecular formula is C21H31N5. The van der Waals surface area contributed by atoms with Crippen molar-refractivity contribution in [3.8, 4) is 0 Å². The Morgan fingerprint density at radius 1 is 1.15 bits per heavy atom. The van der Waals surface area contributed by atoms with Gasteiger partial charge in [0, 0.05) is 37.2 Å². The lowest BCUT2D eigenvalue weighted by Crippen LogP contribution is -2.44. The number of aromatic nitrogens is 2. The highest BCUT2D eigenvalue weighted by atomic mass is 15.4. The number of hydrogen-bond acceptors (Lipinski definition) is 4. The third-order valence-corrected chi connectivity index (χ3v) is 6.13. The molecule has 1 aromatic carbocycles. The number of nitrogens with one attached hydrogen (secondary N) is 3. The summed E-state index contributed by atoms with van der Waals surface area (Å²) in [7, 11) is 0. The molecule has 3 N–H and O–H groups in total. The van der Waals surface area contributed by atoms with Gasteiger partial charge in [-0.15, -0.1) is 0 Å². The van der Waals surface area contributed by atoms with E-state index in [0.717, 1.165) is 44.3 Å². The molecule has 5 heteroatoms. The topological polar surface area (TPSA) is 56.0 Å². The van der Waals surface area contributed by atoms with Gasteiger partial charge in [0.1, 0.15) is 5.82 Å². The van der Waals surface area contributed by atoms with E-state index in [0.29, 0.717) is 12.0 Å². The minimum atomic E-state index is 0.540. The number of aryl methyl sites for hydroxylation is 2. The van der Waals surface area contributed by atoms with Crippen LogP contribution in [-0.2, 0) is 13.0 Å². The average Bonchev–Trinajstić information content (AvgIpc) is 3.30. The molecule has 2 unspecified atom stereocenters. The van der Waals surface area contributed by atoms with Gasteiger partial charge in [0.25, 0.3) is 0 Å². The third-order valence-electron chi connectivity index (χ3n) is 6.13. The fourth-order valence-corrected chi connectivity index (χ4v) is 4.55. The molecule has 0 aliphatic carbocycles. The van der Waals surface area contributed by atoms with Crippen molar-refractivity contribution in [1.82, 2.24) is 25.7 Å². The molecule has 5 nitrogen and oxygen atoms in total. The fraction of sp³-hybridized carbons (Fsp3) is 0.571. The molecule has 26 heavy (non-hydrogen) atoms. The van der Waals surface area contributed by atoms with Crippen LogP contribution in [0.25, 0.3) is 0 Å². The van der Waals surface area contributed by atoms with E-state index in [1.54, 1.807) is 0 Å². The van der Waals surface area contributed by atoms with Crippen LogP contribution in [-0.4, -0.2) is 40.5 Å². The van der Waals surface area contributed by atoms with E-state index in [4.69, 9.17) is 4.98 Å². The van der Waals surface area contributed by atoms with Crippen molar-refractivity contribution in [3.63, 3.8) is 0 Å². The minimum absolute atomic E-state index is 0.540. The Kier molecular flexibility index (Phi) is 5.38. The summed E-state index contributed by atoms with van der Waals surface area (Å²) in [5.41, 5.74) is 10.9. The molecular weight excluding hydrogens is 322 g/mol. The van der Waals surface area contributed by atoms with Crippen molar-refractivity contribution in [1.29, 1.82) is 0 Å². The molecule has 2 atom stereocenters. The van der Waals surface area contributed by atoms with E-state index in [2.05, 4.69) is 64.9 Å². The molecule has 0 saturated carbocycles. The van der Waals surface area contributed by atoms with Crippen LogP contribution in [0.2, 0.25) is 0 Å². The largest absolute Gasteiger partial charge is 0.346 e. The standard InChI is InChI=1S/C21H31N5/c1-3-20-23-15(2)19(24-20)14-26-11-9-17(10-12-26)21-18(13-22-25-21)16-7-5-4-6-8-16/h4-8,17-18,21-22,25H,3,9-14H2,1-2H3,(H,23,24). The number of piperidine rings is 1. The molecule has 0 bridgehead atoms. The number of aromatic amines is 1. The van der Waals surface area contributed by atoms with Crippen LogP contribution in [0.15, 0.2) is 30.3 Å². The number of imidazole rings is 1. The van der Waals surface area contributed by atoms with Crippen LogP contribution in [0.5, 0.6) is 0 Å². The first-order valence-corrected chi connectivity index (χ1v) is 10.0. The highest BCUT2D eigenvalue weighted by Gasteiger charge is 2.36. The van der Waals surface area contributed by atoms with Gasteiger partial charge in [-0.3, -0.25) is 15.8 Å². The molecule has 0 spiro atoms. The second kappa shape index (κ2) is 7.91. The summed E-state index contributed by atoms with van der Waals surface area (Å²) in [6, 6.07) is 11.5. The van der Waals surface area contributed by atoms with Crippen LogP contribution in [0.1, 0.15) is 48.5 Å². The van der Waals surface area contributed by atoms with Crippen molar-refractivity contribution in [2.24, 2.45) is 5.92 Å². The van der Waals surface area contributed by atoms with Gasteiger partial charge in [-0.1, -0.05) is 37.3 Å². The summed E-state index contributed by atoms with van der Waals surface area (Å²) in [6.07, 6.45) is 3.49. The molecule has 3 heterocycles. The zero-order chi connectivity index (χ0) is 17.9. The number of H-pyrrole nitrogens is 1. The van der Waals surface area contributed by atoms with Crippen molar-refractivity contribution in [2.45, 2.75) is 51.6 Å². The van der Waals surface area contributed by atoms with E-state index in [-0.39, 0.29) is 0 Å². The van der Waals surface area contributed by atoms with Crippen LogP contribution in [0.3, 0.4) is 0 Å². The molecule has 2 saturated heterocycles. The summed E-state index contributed by atoms with van der Waals surface area (Å²) in [6.45, 7) is 8.64. The second-order valence-electron chi connectivity index (χ2n) is 7.79. The summed E-state index contributed by atoms with van der Waals surface area (Å²) in [4.78, 5) is 10.7. The smallest absolute Gasteiger partial charge is 0.106 e. The Hall–Kier alpha value is -1.69. The Bertz CT molecular complexity index is 702. The van der Waals surface area contributed by atoms with Crippen LogP contribution < -0.4 is 10.9 Å². The predicted molar refractivity (Wildman–Crippen MR) is 105 cm³/mol. The monoisotopic (exact) mass is 353 g/mol. The maximum absolute atomic E-state index is 4.75. The van der Waals surface area contributed by atoms with Crippen LogP contribution >= 0.6 is 0 Å². The first kappa shape index (κ1) is 17.7. The lowest BCUT2D eigenvalue weighted by Gasteiger charge is -2.36. The van der Waals surface area contributed by atoms with E-state index < -0.39 is 0 Å². The Balaban J connectivity index is 1.35. The SMILES string of the molecule is CCc1nc(CN2CCC(C3NNCC3c3ccccc3)CC2)c(C)[nH]1. The van der Waals surface area contributed by atoms with Gasteiger partial charge < -0.3 is 4.98 Å². The van der Waals surface area contributed by atoms with Gasteiger partial charge in [0.15, 0.2) is 0 Å². The lowest BCUT2D eigenvalue weighted by molar-refractivity contribution is 0.150. The molecule has 0 amide bonds. The van der Waals surface area contributed by atoms with Gasteiger partial charge in [-0.25, -0.2) is 4.98 Å². The maximum atomic E-state index is 4.75. The number of nitrogens with zero attached hydrogens (tertiary/aromatic N) is 2. The number of hydrazine groups is 1. The number of benzene rings is 1. The maximum Gasteiger partial charge on any atom is 0.106 e. The highest BCUT2D eigenvalue weighted by molar-refractivity contribution is 5.23. The van der Waals surface area contributed by atoms with Gasteiger partial charge >= 0.3 is 0 Å². The second-order valence-corrected chi connectivity index (χ2v) is 7.79. The average molecular weight is 354 g/mol. The van der Waals surface area contributed by atoms with Crippen LogP contribution in [0, 0.1) is 12.8 Å². The molecule has 4 rings (SSSR count). The molecule has 2 aliphatic heterocycles. The van der Waals surface area contributed by atoms with Gasteiger partial charge in [-0.05, 0) is 44.3 Å². The quantitative estimate of drug-likeness (QED) is 0.774. The Morgan fingerprint density at radius 3 is 2.62 bits per heavy atom. The van der Waals surface area contributed by atoms with E-state index >= 15 is 0 Å². The summed E-state index contributed by atoms with van der Waals surface area (Å²) < 4.78 is 0. The third kappa shape index (κ3) is 3.70. The molecule has 1 aromatic heterocycles. The molecule has 0 radical (unpaired) electrons. The number of rotatable bonds is 5. The summed E-state index contributed by atoms with van der Waals surface area (Å²) >= 11 is 0. The van der Waals surface area contributed by atoms with Gasteiger partial charge in [0.05, 0.1) is 5.69 Å². The highest BCUT2D eigenvalue weighted by Crippen LogP contribution is 2.32. The van der Waals surface area contributed by atoms with Crippen LogP contribution in [0.4, 0.5) is 0 Å². The number of likely N-dealkylation sites (tertiary alicyclic amines) is 1. The van der Waals surface area contributed by atoms with Gasteiger partial charge in [0.2, 0.25) is 0 Å². The predicted octanol–water partition coefficient (Wildman–Crippen LogP) is 2.75. The van der Waals surface area contributed by atoms with E-state index in [9.17, 15) is 0 Å². The summed E-state index contributed by atoms with van der Waals surface area (Å²) in [5.74, 6) is 2.42. The molecule has 140 valence electrons. The summed E-state index contributed by atoms with van der Waals surface area (Å²) in [5, 5.41) is 0. The zero-order valence-electron chi connectivity index (χ0n) is 16.0. The van der Waals surface area contributed by atoms with Crippen molar-refractivity contribution < 1.29 is 0 Å². The lowest BCUT2D eigenvalue weighted by atomic mass is 9.80. The van der Waals surface area contributed by atoms with E-state index in [1.807, 2.05) is 0 Å². The minimum Gasteiger partial charge on any atom is -0.346 e. The zero-order valence-corrected chi connectivity index (χ0v) is 16.0. The van der Waals surface area contributed by atoms with Crippen molar-refractivity contribution in [2.75, 3.05) is 19.6 Å². The molecule has 2 aliphatic rings. The normalized spacial score (nSPS) is 25.0. The fourth-order valence-electron chi connectivity index (χ4n) is 4.55. The first-order chi connectivity index (χ1) is 12.7. The van der Waals surface area contributed by atoms with Crippen molar-refractivity contribution in [3.05, 3.63) is 53.1 Å². The molecule has 2 fully saturated rings. The first-order valence-electron chi connectivity index (χ1n) is 10.0. The van der Waals surface area contributed by atoms with E-state index in [1.165, 1.54) is 29.8 Å². The Morgan fingerprint density at radius 2 is 1.92 bits per heavy atom.